The molecule has 2 unspecified atom stereocenters. The van der Waals surface area contributed by atoms with Crippen LogP contribution in [0, 0.1) is 0 Å². The number of urea groups is 1. The van der Waals surface area contributed by atoms with Gasteiger partial charge in [-0.3, -0.25) is 0 Å². The van der Waals surface area contributed by atoms with Crippen molar-refractivity contribution >= 4 is 6.03 Å². The molecule has 5 heteroatoms. The van der Waals surface area contributed by atoms with Gasteiger partial charge in [0.05, 0.1) is 6.10 Å². The van der Waals surface area contributed by atoms with E-state index >= 15 is 0 Å². The lowest BCUT2D eigenvalue weighted by molar-refractivity contribution is 0.107. The Kier molecular flexibility index (Phi) is 4.01. The topological polar surface area (TPSA) is 53.6 Å². The average molecular weight is 227 g/mol. The zero-order valence-corrected chi connectivity index (χ0v) is 9.87. The third-order valence-corrected chi connectivity index (χ3v) is 3.48. The van der Waals surface area contributed by atoms with Crippen LogP contribution in [0.2, 0.25) is 0 Å². The molecule has 0 radical (unpaired) electrons. The molecule has 16 heavy (non-hydrogen) atoms. The zero-order chi connectivity index (χ0) is 11.4. The van der Waals surface area contributed by atoms with Gasteiger partial charge in [0, 0.05) is 39.3 Å². The maximum absolute atomic E-state index is 11.3. The first-order valence-corrected chi connectivity index (χ1v) is 6.08. The van der Waals surface area contributed by atoms with Crippen LogP contribution in [0.25, 0.3) is 0 Å². The van der Waals surface area contributed by atoms with Crippen molar-refractivity contribution in [3.05, 3.63) is 0 Å². The second kappa shape index (κ2) is 5.50. The van der Waals surface area contributed by atoms with E-state index in [1.165, 1.54) is 6.42 Å². The molecule has 0 aromatic carbocycles. The smallest absolute Gasteiger partial charge is 0.317 e. The van der Waals surface area contributed by atoms with E-state index in [0.717, 1.165) is 39.0 Å². The number of carbonyl (C=O) groups excluding carboxylic acids is 1. The van der Waals surface area contributed by atoms with E-state index < -0.39 is 0 Å². The molecule has 1 heterocycles. The number of rotatable bonds is 5. The molecule has 5 nitrogen and oxygen atoms in total. The van der Waals surface area contributed by atoms with Crippen molar-refractivity contribution in [3.63, 3.8) is 0 Å². The summed E-state index contributed by atoms with van der Waals surface area (Å²) in [5.74, 6) is 0. The van der Waals surface area contributed by atoms with Crippen LogP contribution in [0.3, 0.4) is 0 Å². The lowest BCUT2D eigenvalue weighted by atomic mass is 10.2. The molecule has 92 valence electrons. The number of nitrogens with zero attached hydrogens (tertiary/aromatic N) is 1. The fourth-order valence-corrected chi connectivity index (χ4v) is 2.47. The van der Waals surface area contributed by atoms with Gasteiger partial charge in [-0.15, -0.1) is 0 Å². The molecule has 2 aliphatic rings. The van der Waals surface area contributed by atoms with Crippen LogP contribution >= 0.6 is 0 Å². The molecule has 0 aromatic rings. The minimum absolute atomic E-state index is 0.0722. The highest BCUT2D eigenvalue weighted by molar-refractivity contribution is 5.76. The second-order valence-corrected chi connectivity index (χ2v) is 4.54. The highest BCUT2D eigenvalue weighted by atomic mass is 16.5. The fraction of sp³-hybridized carbons (Fsp3) is 0.909. The van der Waals surface area contributed by atoms with Crippen molar-refractivity contribution in [1.82, 2.24) is 15.5 Å². The number of ether oxygens (including phenoxy) is 1. The van der Waals surface area contributed by atoms with E-state index in [2.05, 4.69) is 10.6 Å². The predicted octanol–water partition coefficient (Wildman–Crippen LogP) is 0.169. The van der Waals surface area contributed by atoms with E-state index in [4.69, 9.17) is 4.74 Å². The number of carbonyl (C=O) groups is 1. The van der Waals surface area contributed by atoms with Gasteiger partial charge >= 0.3 is 6.03 Å². The predicted molar refractivity (Wildman–Crippen MR) is 61.4 cm³/mol. The van der Waals surface area contributed by atoms with E-state index in [-0.39, 0.29) is 6.03 Å². The van der Waals surface area contributed by atoms with Crippen molar-refractivity contribution < 1.29 is 9.53 Å². The molecule has 2 atom stereocenters. The monoisotopic (exact) mass is 227 g/mol. The van der Waals surface area contributed by atoms with Crippen LogP contribution in [0.4, 0.5) is 4.79 Å². The molecule has 1 saturated heterocycles. The van der Waals surface area contributed by atoms with Gasteiger partial charge in [0.2, 0.25) is 0 Å². The zero-order valence-electron chi connectivity index (χ0n) is 9.87. The molecule has 1 aliphatic heterocycles. The van der Waals surface area contributed by atoms with Crippen LogP contribution in [0.5, 0.6) is 0 Å². The summed E-state index contributed by atoms with van der Waals surface area (Å²) in [5.41, 5.74) is 0. The van der Waals surface area contributed by atoms with Crippen molar-refractivity contribution in [2.45, 2.75) is 31.4 Å². The molecule has 0 spiro atoms. The standard InChI is InChI=1S/C11H21N3O2/c1-16-10-3-2-9(8-10)12-4-6-14-7-5-13-11(14)15/h9-10,12H,2-8H2,1H3,(H,13,15). The van der Waals surface area contributed by atoms with Crippen molar-refractivity contribution in [1.29, 1.82) is 0 Å². The first-order chi connectivity index (χ1) is 7.79. The second-order valence-electron chi connectivity index (χ2n) is 4.54. The first kappa shape index (κ1) is 11.7. The Morgan fingerprint density at radius 1 is 1.56 bits per heavy atom. The molecule has 2 amide bonds. The number of nitrogens with one attached hydrogen (secondary N) is 2. The third kappa shape index (κ3) is 2.86. The molecule has 2 N–H and O–H groups in total. The van der Waals surface area contributed by atoms with Crippen LogP contribution in [-0.2, 0) is 4.74 Å². The Labute approximate surface area is 96.5 Å². The summed E-state index contributed by atoms with van der Waals surface area (Å²) in [6.45, 7) is 3.31. The first-order valence-electron chi connectivity index (χ1n) is 6.08. The minimum Gasteiger partial charge on any atom is -0.381 e. The molecule has 1 aliphatic carbocycles. The van der Waals surface area contributed by atoms with E-state index in [1.807, 2.05) is 4.90 Å². The minimum atomic E-state index is 0.0722. The fourth-order valence-electron chi connectivity index (χ4n) is 2.47. The van der Waals surface area contributed by atoms with Gasteiger partial charge in [-0.2, -0.15) is 0 Å². The SMILES string of the molecule is COC1CCC(NCCN2CCNC2=O)C1. The van der Waals surface area contributed by atoms with Crippen molar-refractivity contribution in [2.75, 3.05) is 33.3 Å². The highest BCUT2D eigenvalue weighted by Gasteiger charge is 2.24. The van der Waals surface area contributed by atoms with Gasteiger partial charge in [0.15, 0.2) is 0 Å². The lowest BCUT2D eigenvalue weighted by Gasteiger charge is -2.17. The van der Waals surface area contributed by atoms with E-state index in [9.17, 15) is 4.79 Å². The normalized spacial score (nSPS) is 29.8. The van der Waals surface area contributed by atoms with E-state index in [0.29, 0.717) is 12.1 Å². The van der Waals surface area contributed by atoms with E-state index in [1.54, 1.807) is 7.11 Å². The van der Waals surface area contributed by atoms with Crippen molar-refractivity contribution in [2.24, 2.45) is 0 Å². The van der Waals surface area contributed by atoms with Gasteiger partial charge in [-0.25, -0.2) is 4.79 Å². The Bertz CT molecular complexity index is 247. The molecule has 1 saturated carbocycles. The summed E-state index contributed by atoms with van der Waals surface area (Å²) in [6, 6.07) is 0.638. The Morgan fingerprint density at radius 3 is 3.06 bits per heavy atom. The molecular formula is C11H21N3O2. The maximum Gasteiger partial charge on any atom is 0.317 e. The Balaban J connectivity index is 1.60. The summed E-state index contributed by atoms with van der Waals surface area (Å²) >= 11 is 0. The highest BCUT2D eigenvalue weighted by Crippen LogP contribution is 2.21. The van der Waals surface area contributed by atoms with Gasteiger partial charge in [0.25, 0.3) is 0 Å². The largest absolute Gasteiger partial charge is 0.381 e. The van der Waals surface area contributed by atoms with Gasteiger partial charge in [-0.1, -0.05) is 0 Å². The quantitative estimate of drug-likeness (QED) is 0.704. The van der Waals surface area contributed by atoms with Crippen LogP contribution < -0.4 is 10.6 Å². The summed E-state index contributed by atoms with van der Waals surface area (Å²) in [5, 5.41) is 6.30. The van der Waals surface area contributed by atoms with Gasteiger partial charge in [-0.05, 0) is 19.3 Å². The summed E-state index contributed by atoms with van der Waals surface area (Å²) in [6.07, 6.45) is 3.86. The van der Waals surface area contributed by atoms with Gasteiger partial charge < -0.3 is 20.3 Å². The number of hydrogen-bond donors (Lipinski definition) is 2. The Hall–Kier alpha value is -0.810. The third-order valence-electron chi connectivity index (χ3n) is 3.48. The number of amides is 2. The van der Waals surface area contributed by atoms with Crippen molar-refractivity contribution in [3.8, 4) is 0 Å². The molecule has 2 fully saturated rings. The molecule has 0 bridgehead atoms. The molecular weight excluding hydrogens is 206 g/mol. The van der Waals surface area contributed by atoms with Crippen LogP contribution in [0.15, 0.2) is 0 Å². The maximum atomic E-state index is 11.3. The molecule has 2 rings (SSSR count). The average Bonchev–Trinajstić information content (AvgIpc) is 2.89. The number of methoxy groups -OCH3 is 1. The summed E-state index contributed by atoms with van der Waals surface area (Å²) in [4.78, 5) is 13.1. The summed E-state index contributed by atoms with van der Waals surface area (Å²) in [7, 11) is 1.78. The number of hydrogen-bond acceptors (Lipinski definition) is 3. The summed E-state index contributed by atoms with van der Waals surface area (Å²) < 4.78 is 5.32. The molecule has 0 aromatic heterocycles. The van der Waals surface area contributed by atoms with Crippen LogP contribution in [-0.4, -0.2) is 56.4 Å². The Morgan fingerprint density at radius 2 is 2.44 bits per heavy atom. The van der Waals surface area contributed by atoms with Crippen LogP contribution in [0.1, 0.15) is 19.3 Å². The lowest BCUT2D eigenvalue weighted by Crippen LogP contribution is -2.38. The van der Waals surface area contributed by atoms with Gasteiger partial charge in [0.1, 0.15) is 0 Å².